The highest BCUT2D eigenvalue weighted by atomic mass is 31.2. The van der Waals surface area contributed by atoms with Gasteiger partial charge in [0, 0.05) is 0 Å². The number of aliphatic hydroxyl groups excluding tert-OH is 2. The predicted octanol–water partition coefficient (Wildman–Crippen LogP) is 3.46. The number of halogens is 3. The molecule has 47 heavy (non-hydrogen) atoms. The van der Waals surface area contributed by atoms with E-state index in [1.165, 1.54) is 36.0 Å². The van der Waals surface area contributed by atoms with Gasteiger partial charge in [-0.05, 0) is 62.8 Å². The maximum atomic E-state index is 14.0. The molecule has 1 aliphatic carbocycles. The summed E-state index contributed by atoms with van der Waals surface area (Å²) in [5.74, 6) is -2.30. The summed E-state index contributed by atoms with van der Waals surface area (Å²) in [7, 11) is -4.56. The Hall–Kier alpha value is -3.78. The average molecular weight is 683 g/mol. The SMILES string of the molecule is C[C@H](N[P@](=O)(OC[C@@]1(C#N)O[C@@H](c2ccc3c(N)ncnn23)[C@H](O)[C@@H]1O)Oc1ccccc1)C(=O)OC[C@H]1CC[C@H](C(F)(F)F)CC1. The molecule has 5 N–H and O–H groups in total. The van der Waals surface area contributed by atoms with Gasteiger partial charge in [0.1, 0.15) is 54.6 Å². The Morgan fingerprint density at radius 1 is 1.23 bits per heavy atom. The highest BCUT2D eigenvalue weighted by Crippen LogP contribution is 2.48. The van der Waals surface area contributed by atoms with E-state index in [4.69, 9.17) is 24.3 Å². The lowest BCUT2D eigenvalue weighted by Crippen LogP contribution is -2.46. The zero-order valence-electron chi connectivity index (χ0n) is 25.1. The number of nitrogens with one attached hydrogen (secondary N) is 1. The number of anilines is 1. The molecule has 0 unspecified atom stereocenters. The van der Waals surface area contributed by atoms with Gasteiger partial charge in [-0.3, -0.25) is 9.32 Å². The van der Waals surface area contributed by atoms with Crippen molar-refractivity contribution in [3.05, 3.63) is 54.5 Å². The minimum Gasteiger partial charge on any atom is -0.464 e. The lowest BCUT2D eigenvalue weighted by atomic mass is 9.82. The third-order valence-corrected chi connectivity index (χ3v) is 9.96. The van der Waals surface area contributed by atoms with Crippen LogP contribution in [-0.2, 0) is 23.4 Å². The Balaban J connectivity index is 1.28. The van der Waals surface area contributed by atoms with Gasteiger partial charge in [0.2, 0.25) is 5.60 Å². The highest BCUT2D eigenvalue weighted by Gasteiger charge is 2.57. The molecule has 2 aromatic heterocycles. The molecule has 2 fully saturated rings. The summed E-state index contributed by atoms with van der Waals surface area (Å²) in [6, 6.07) is 11.4. The van der Waals surface area contributed by atoms with Crippen molar-refractivity contribution in [1.29, 1.82) is 5.26 Å². The normalized spacial score (nSPS) is 28.3. The number of esters is 1. The monoisotopic (exact) mass is 682 g/mol. The number of fused-ring (bicyclic) bond motifs is 1. The molecule has 0 radical (unpaired) electrons. The molecule has 0 amide bonds. The molecule has 254 valence electrons. The van der Waals surface area contributed by atoms with E-state index in [0.717, 1.165) is 0 Å². The van der Waals surface area contributed by atoms with Crippen molar-refractivity contribution in [3.63, 3.8) is 0 Å². The summed E-state index contributed by atoms with van der Waals surface area (Å²) < 4.78 is 76.8. The molecule has 1 aliphatic heterocycles. The van der Waals surface area contributed by atoms with Crippen molar-refractivity contribution >= 4 is 25.1 Å². The number of carbonyl (C=O) groups is 1. The maximum Gasteiger partial charge on any atom is 0.459 e. The number of hydrogen-bond donors (Lipinski definition) is 4. The molecule has 3 heterocycles. The van der Waals surface area contributed by atoms with Crippen LogP contribution >= 0.6 is 7.75 Å². The molecular formula is C29H34F3N6O8P. The van der Waals surface area contributed by atoms with Crippen molar-refractivity contribution in [1.82, 2.24) is 19.7 Å². The first-order valence-electron chi connectivity index (χ1n) is 14.8. The Morgan fingerprint density at radius 3 is 2.60 bits per heavy atom. The quantitative estimate of drug-likeness (QED) is 0.169. The number of nitriles is 1. The molecule has 1 saturated carbocycles. The fraction of sp³-hybridized carbons (Fsp3) is 0.517. The fourth-order valence-electron chi connectivity index (χ4n) is 5.64. The Kier molecular flexibility index (Phi) is 10.1. The fourth-order valence-corrected chi connectivity index (χ4v) is 7.16. The third-order valence-electron chi connectivity index (χ3n) is 8.33. The minimum absolute atomic E-state index is 0.0554. The van der Waals surface area contributed by atoms with Crippen LogP contribution in [0.2, 0.25) is 0 Å². The largest absolute Gasteiger partial charge is 0.464 e. The number of alkyl halides is 3. The van der Waals surface area contributed by atoms with E-state index < -0.39 is 62.4 Å². The zero-order chi connectivity index (χ0) is 34.0. The molecule has 3 aromatic rings. The standard InChI is InChI=1S/C29H34F3N6O8P/c1-17(27(41)43-13-18-7-9-19(10-8-18)29(30,31)32)37-47(42,46-20-5-3-2-4-6-20)44-15-28(14-33)25(40)23(39)24(45-28)21-11-12-22-26(34)35-16-36-38(21)22/h2-6,11-12,16-19,23-25,39-40H,7-10,13,15H2,1H3,(H,37,42)(H2,34,35,36)/t17-,18-,19-,23-,24-,25-,28+,47-/m0/s1. The number of hydrogen-bond acceptors (Lipinski definition) is 12. The number of nitrogens with two attached hydrogens (primary N) is 1. The second-order valence-corrected chi connectivity index (χ2v) is 13.3. The lowest BCUT2D eigenvalue weighted by molar-refractivity contribution is -0.185. The van der Waals surface area contributed by atoms with E-state index in [1.54, 1.807) is 30.3 Å². The average Bonchev–Trinajstić information content (AvgIpc) is 3.58. The molecule has 1 aromatic carbocycles. The van der Waals surface area contributed by atoms with Crippen LogP contribution in [-0.4, -0.2) is 74.0 Å². The molecule has 2 aliphatic rings. The van der Waals surface area contributed by atoms with E-state index in [-0.39, 0.29) is 55.5 Å². The first-order chi connectivity index (χ1) is 22.2. The number of aromatic nitrogens is 3. The second kappa shape index (κ2) is 13.8. The highest BCUT2D eigenvalue weighted by molar-refractivity contribution is 7.52. The van der Waals surface area contributed by atoms with Crippen LogP contribution in [0.1, 0.15) is 44.4 Å². The van der Waals surface area contributed by atoms with Gasteiger partial charge < -0.3 is 29.9 Å². The second-order valence-electron chi connectivity index (χ2n) is 11.6. The van der Waals surface area contributed by atoms with Gasteiger partial charge in [0.25, 0.3) is 0 Å². The van der Waals surface area contributed by atoms with E-state index >= 15 is 0 Å². The van der Waals surface area contributed by atoms with E-state index in [2.05, 4.69) is 15.2 Å². The Labute approximate surface area is 267 Å². The summed E-state index contributed by atoms with van der Waals surface area (Å²) in [4.78, 5) is 16.7. The number of carbonyl (C=O) groups excluding carboxylic acids is 1. The lowest BCUT2D eigenvalue weighted by Gasteiger charge is -2.30. The maximum absolute atomic E-state index is 14.0. The van der Waals surface area contributed by atoms with Crippen molar-refractivity contribution in [2.24, 2.45) is 11.8 Å². The van der Waals surface area contributed by atoms with Gasteiger partial charge in [-0.2, -0.15) is 28.6 Å². The molecule has 0 bridgehead atoms. The van der Waals surface area contributed by atoms with E-state index in [9.17, 15) is 38.0 Å². The number of nitrogens with zero attached hydrogens (tertiary/aromatic N) is 4. The van der Waals surface area contributed by atoms with Crippen LogP contribution in [0, 0.1) is 23.2 Å². The number of nitrogen functional groups attached to an aromatic ring is 1. The van der Waals surface area contributed by atoms with Crippen LogP contribution in [0.15, 0.2) is 48.8 Å². The zero-order valence-corrected chi connectivity index (χ0v) is 26.0. The van der Waals surface area contributed by atoms with E-state index in [0.29, 0.717) is 5.52 Å². The van der Waals surface area contributed by atoms with Crippen LogP contribution in [0.5, 0.6) is 5.75 Å². The van der Waals surface area contributed by atoms with Crippen molar-refractivity contribution in [3.8, 4) is 11.8 Å². The number of benzene rings is 1. The van der Waals surface area contributed by atoms with Crippen LogP contribution in [0.25, 0.3) is 5.52 Å². The summed E-state index contributed by atoms with van der Waals surface area (Å²) in [5, 5.41) is 38.6. The first-order valence-corrected chi connectivity index (χ1v) is 16.3. The summed E-state index contributed by atoms with van der Waals surface area (Å²) in [6.07, 6.45) is -7.53. The number of ether oxygens (including phenoxy) is 2. The van der Waals surface area contributed by atoms with Gasteiger partial charge in [-0.25, -0.2) is 14.1 Å². The van der Waals surface area contributed by atoms with Gasteiger partial charge in [0.05, 0.1) is 18.2 Å². The van der Waals surface area contributed by atoms with Crippen molar-refractivity contribution < 1.29 is 51.3 Å². The number of para-hydroxylation sites is 1. The molecule has 14 nitrogen and oxygen atoms in total. The minimum atomic E-state index is -4.56. The molecular weight excluding hydrogens is 648 g/mol. The molecule has 18 heteroatoms. The Bertz CT molecular complexity index is 1650. The summed E-state index contributed by atoms with van der Waals surface area (Å²) in [5.41, 5.74) is 4.25. The molecule has 0 spiro atoms. The van der Waals surface area contributed by atoms with Crippen LogP contribution < -0.4 is 15.3 Å². The Morgan fingerprint density at radius 2 is 1.94 bits per heavy atom. The summed E-state index contributed by atoms with van der Waals surface area (Å²) in [6.45, 7) is 0.307. The molecule has 6 atom stereocenters. The first kappa shape index (κ1) is 34.6. The van der Waals surface area contributed by atoms with Crippen LogP contribution in [0.4, 0.5) is 19.0 Å². The molecule has 5 rings (SSSR count). The number of aliphatic hydroxyl groups is 2. The van der Waals surface area contributed by atoms with Crippen molar-refractivity contribution in [2.75, 3.05) is 18.9 Å². The molecule has 1 saturated heterocycles. The van der Waals surface area contributed by atoms with Crippen LogP contribution in [0.3, 0.4) is 0 Å². The van der Waals surface area contributed by atoms with Gasteiger partial charge >= 0.3 is 19.9 Å². The number of rotatable bonds is 11. The predicted molar refractivity (Wildman–Crippen MR) is 157 cm³/mol. The van der Waals surface area contributed by atoms with E-state index in [1.807, 2.05) is 0 Å². The van der Waals surface area contributed by atoms with Gasteiger partial charge in [-0.1, -0.05) is 18.2 Å². The summed E-state index contributed by atoms with van der Waals surface area (Å²) >= 11 is 0. The van der Waals surface area contributed by atoms with Gasteiger partial charge in [-0.15, -0.1) is 0 Å². The topological polar surface area (TPSA) is 204 Å². The van der Waals surface area contributed by atoms with Gasteiger partial charge in [0.15, 0.2) is 5.82 Å². The van der Waals surface area contributed by atoms with Crippen molar-refractivity contribution in [2.45, 2.75) is 68.7 Å². The smallest absolute Gasteiger partial charge is 0.459 e. The third kappa shape index (κ3) is 7.53.